The number of piperidine rings is 1. The third-order valence-electron chi connectivity index (χ3n) is 6.37. The Bertz CT molecular complexity index is 898. The average molecular weight is 481 g/mol. The van der Waals surface area contributed by atoms with Crippen LogP contribution in [0.15, 0.2) is 29.2 Å². The SMILES string of the molecule is CCOC(=O)c1ccc(S(=O)(=O)N2CCN(C(=O)NCCCN3CCCCC3C)CC2)cc1. The third-order valence-corrected chi connectivity index (χ3v) is 8.28. The molecule has 2 heterocycles. The predicted molar refractivity (Wildman–Crippen MR) is 126 cm³/mol. The van der Waals surface area contributed by atoms with Crippen LogP contribution in [0, 0.1) is 0 Å². The maximum atomic E-state index is 12.9. The number of sulfonamides is 1. The smallest absolute Gasteiger partial charge is 0.338 e. The molecular weight excluding hydrogens is 444 g/mol. The zero-order valence-corrected chi connectivity index (χ0v) is 20.5. The maximum Gasteiger partial charge on any atom is 0.338 e. The zero-order chi connectivity index (χ0) is 23.8. The molecule has 2 aliphatic rings. The van der Waals surface area contributed by atoms with Gasteiger partial charge in [-0.3, -0.25) is 0 Å². The molecule has 1 aromatic carbocycles. The van der Waals surface area contributed by atoms with Gasteiger partial charge in [-0.2, -0.15) is 4.31 Å². The van der Waals surface area contributed by atoms with Gasteiger partial charge in [0.2, 0.25) is 10.0 Å². The van der Waals surface area contributed by atoms with Gasteiger partial charge in [0.25, 0.3) is 0 Å². The summed E-state index contributed by atoms with van der Waals surface area (Å²) in [6, 6.07) is 6.23. The Kier molecular flexibility index (Phi) is 9.10. The lowest BCUT2D eigenvalue weighted by Crippen LogP contribution is -2.53. The minimum absolute atomic E-state index is 0.125. The summed E-state index contributed by atoms with van der Waals surface area (Å²) in [6.07, 6.45) is 4.70. The van der Waals surface area contributed by atoms with Crippen molar-refractivity contribution in [1.82, 2.24) is 19.4 Å². The number of rotatable bonds is 8. The Hall–Kier alpha value is -2.17. The second-order valence-corrected chi connectivity index (χ2v) is 10.5. The molecule has 0 spiro atoms. The lowest BCUT2D eigenvalue weighted by Gasteiger charge is -2.34. The summed E-state index contributed by atoms with van der Waals surface area (Å²) in [5.41, 5.74) is 0.312. The monoisotopic (exact) mass is 480 g/mol. The van der Waals surface area contributed by atoms with Crippen molar-refractivity contribution in [1.29, 1.82) is 0 Å². The molecule has 184 valence electrons. The largest absolute Gasteiger partial charge is 0.462 e. The fourth-order valence-corrected chi connectivity index (χ4v) is 5.76. The number of nitrogens with zero attached hydrogens (tertiary/aromatic N) is 3. The number of urea groups is 1. The topological polar surface area (TPSA) is 99.3 Å². The number of piperazine rings is 1. The van der Waals surface area contributed by atoms with Gasteiger partial charge >= 0.3 is 12.0 Å². The van der Waals surface area contributed by atoms with E-state index in [-0.39, 0.29) is 30.6 Å². The molecule has 0 aliphatic carbocycles. The molecule has 1 N–H and O–H groups in total. The van der Waals surface area contributed by atoms with Crippen LogP contribution in [0.5, 0.6) is 0 Å². The van der Waals surface area contributed by atoms with E-state index in [1.165, 1.54) is 47.8 Å². The summed E-state index contributed by atoms with van der Waals surface area (Å²) in [5, 5.41) is 2.97. The summed E-state index contributed by atoms with van der Waals surface area (Å²) < 4.78 is 32.2. The first kappa shape index (κ1) is 25.5. The van der Waals surface area contributed by atoms with Crippen molar-refractivity contribution in [3.63, 3.8) is 0 Å². The molecule has 10 heteroatoms. The van der Waals surface area contributed by atoms with Crippen LogP contribution in [-0.4, -0.2) is 93.0 Å². The molecule has 1 unspecified atom stereocenters. The van der Waals surface area contributed by atoms with Gasteiger partial charge in [0, 0.05) is 45.3 Å². The van der Waals surface area contributed by atoms with Gasteiger partial charge in [-0.05, 0) is 63.9 Å². The van der Waals surface area contributed by atoms with Crippen molar-refractivity contribution in [3.05, 3.63) is 29.8 Å². The number of ether oxygens (including phenoxy) is 1. The van der Waals surface area contributed by atoms with E-state index in [4.69, 9.17) is 4.74 Å². The van der Waals surface area contributed by atoms with Crippen molar-refractivity contribution in [3.8, 4) is 0 Å². The second-order valence-electron chi connectivity index (χ2n) is 8.60. The van der Waals surface area contributed by atoms with E-state index in [9.17, 15) is 18.0 Å². The zero-order valence-electron chi connectivity index (χ0n) is 19.7. The number of likely N-dealkylation sites (tertiary alicyclic amines) is 1. The number of nitrogens with one attached hydrogen (secondary N) is 1. The molecular formula is C23H36N4O5S. The second kappa shape index (κ2) is 11.8. The fourth-order valence-electron chi connectivity index (χ4n) is 4.34. The molecule has 2 saturated heterocycles. The van der Waals surface area contributed by atoms with Crippen LogP contribution >= 0.6 is 0 Å². The standard InChI is InChI=1S/C23H36N4O5S/c1-3-32-22(28)20-8-10-21(11-9-20)33(30,31)27-17-15-26(16-18-27)23(29)24-12-6-14-25-13-5-4-7-19(25)2/h8-11,19H,3-7,12-18H2,1-2H3,(H,24,29). The van der Waals surface area contributed by atoms with Gasteiger partial charge in [0.15, 0.2) is 0 Å². The molecule has 3 rings (SSSR count). The summed E-state index contributed by atoms with van der Waals surface area (Å²) in [6.45, 7) is 8.14. The molecule has 2 amide bonds. The minimum atomic E-state index is -3.69. The highest BCUT2D eigenvalue weighted by molar-refractivity contribution is 7.89. The molecule has 0 bridgehead atoms. The first-order valence-corrected chi connectivity index (χ1v) is 13.3. The molecule has 33 heavy (non-hydrogen) atoms. The van der Waals surface area contributed by atoms with Crippen LogP contribution in [0.25, 0.3) is 0 Å². The predicted octanol–water partition coefficient (Wildman–Crippen LogP) is 2.14. The normalized spacial score (nSPS) is 20.4. The van der Waals surface area contributed by atoms with Crippen LogP contribution in [-0.2, 0) is 14.8 Å². The summed E-state index contributed by atoms with van der Waals surface area (Å²) in [4.78, 5) is 28.5. The van der Waals surface area contributed by atoms with Crippen molar-refractivity contribution >= 4 is 22.0 Å². The molecule has 1 atom stereocenters. The van der Waals surface area contributed by atoms with Gasteiger partial charge in [0.05, 0.1) is 17.1 Å². The number of amides is 2. The number of hydrogen-bond acceptors (Lipinski definition) is 6. The molecule has 2 aliphatic heterocycles. The number of benzene rings is 1. The van der Waals surface area contributed by atoms with E-state index < -0.39 is 16.0 Å². The van der Waals surface area contributed by atoms with Crippen LogP contribution < -0.4 is 5.32 Å². The van der Waals surface area contributed by atoms with Crippen molar-refractivity contribution in [2.75, 3.05) is 52.4 Å². The van der Waals surface area contributed by atoms with Crippen LogP contribution in [0.1, 0.15) is 49.9 Å². The van der Waals surface area contributed by atoms with Crippen LogP contribution in [0.3, 0.4) is 0 Å². The van der Waals surface area contributed by atoms with Crippen molar-refractivity contribution in [2.45, 2.75) is 50.5 Å². The first-order valence-electron chi connectivity index (χ1n) is 11.9. The van der Waals surface area contributed by atoms with Gasteiger partial charge in [-0.1, -0.05) is 6.42 Å². The Balaban J connectivity index is 1.43. The quantitative estimate of drug-likeness (QED) is 0.452. The van der Waals surface area contributed by atoms with E-state index in [0.717, 1.165) is 19.5 Å². The molecule has 1 aromatic rings. The Morgan fingerprint density at radius 2 is 1.76 bits per heavy atom. The van der Waals surface area contributed by atoms with Gasteiger partial charge in [0.1, 0.15) is 0 Å². The summed E-state index contributed by atoms with van der Waals surface area (Å²) >= 11 is 0. The van der Waals surface area contributed by atoms with E-state index >= 15 is 0 Å². The fraction of sp³-hybridized carbons (Fsp3) is 0.652. The van der Waals surface area contributed by atoms with Gasteiger partial charge < -0.3 is 19.9 Å². The Morgan fingerprint density at radius 1 is 1.06 bits per heavy atom. The van der Waals surface area contributed by atoms with Crippen LogP contribution in [0.4, 0.5) is 4.79 Å². The molecule has 0 radical (unpaired) electrons. The van der Waals surface area contributed by atoms with Gasteiger partial charge in [-0.15, -0.1) is 0 Å². The lowest BCUT2D eigenvalue weighted by molar-refractivity contribution is 0.0526. The highest BCUT2D eigenvalue weighted by Gasteiger charge is 2.30. The highest BCUT2D eigenvalue weighted by atomic mass is 32.2. The minimum Gasteiger partial charge on any atom is -0.462 e. The number of esters is 1. The number of hydrogen-bond donors (Lipinski definition) is 1. The molecule has 2 fully saturated rings. The summed E-state index contributed by atoms with van der Waals surface area (Å²) in [7, 11) is -3.69. The highest BCUT2D eigenvalue weighted by Crippen LogP contribution is 2.19. The lowest BCUT2D eigenvalue weighted by atomic mass is 10.0. The average Bonchev–Trinajstić information content (AvgIpc) is 2.83. The molecule has 0 aromatic heterocycles. The van der Waals surface area contributed by atoms with E-state index in [1.54, 1.807) is 11.8 Å². The third kappa shape index (κ3) is 6.68. The number of carbonyl (C=O) groups is 2. The summed E-state index contributed by atoms with van der Waals surface area (Å²) in [5.74, 6) is -0.480. The maximum absolute atomic E-state index is 12.9. The van der Waals surface area contributed by atoms with Crippen LogP contribution in [0.2, 0.25) is 0 Å². The Labute approximate surface area is 197 Å². The number of carbonyl (C=O) groups excluding carboxylic acids is 2. The molecule has 9 nitrogen and oxygen atoms in total. The van der Waals surface area contributed by atoms with Crippen molar-refractivity contribution < 1.29 is 22.7 Å². The van der Waals surface area contributed by atoms with E-state index in [1.807, 2.05) is 0 Å². The first-order chi connectivity index (χ1) is 15.8. The Morgan fingerprint density at radius 3 is 2.39 bits per heavy atom. The van der Waals surface area contributed by atoms with Gasteiger partial charge in [-0.25, -0.2) is 18.0 Å². The van der Waals surface area contributed by atoms with E-state index in [0.29, 0.717) is 31.2 Å². The molecule has 0 saturated carbocycles. The van der Waals surface area contributed by atoms with E-state index in [2.05, 4.69) is 17.1 Å². The van der Waals surface area contributed by atoms with Crippen molar-refractivity contribution in [2.24, 2.45) is 0 Å².